The molecule has 1 aliphatic heterocycles. The van der Waals surface area contributed by atoms with Gasteiger partial charge in [-0.15, -0.1) is 0 Å². The number of methoxy groups -OCH3 is 1. The average molecular weight is 264 g/mol. The second-order valence-electron chi connectivity index (χ2n) is 4.61. The van der Waals surface area contributed by atoms with E-state index in [1.54, 1.807) is 13.2 Å². The van der Waals surface area contributed by atoms with Crippen molar-refractivity contribution < 1.29 is 14.3 Å². The Bertz CT molecular complexity index is 426. The molecule has 1 atom stereocenters. The van der Waals surface area contributed by atoms with Gasteiger partial charge in [-0.1, -0.05) is 0 Å². The second kappa shape index (κ2) is 6.43. The summed E-state index contributed by atoms with van der Waals surface area (Å²) in [7, 11) is 1.60. The first-order valence-electron chi connectivity index (χ1n) is 6.55. The van der Waals surface area contributed by atoms with Crippen molar-refractivity contribution in [2.24, 2.45) is 5.73 Å². The summed E-state index contributed by atoms with van der Waals surface area (Å²) >= 11 is 0. The molecule has 19 heavy (non-hydrogen) atoms. The summed E-state index contributed by atoms with van der Waals surface area (Å²) in [5.74, 6) is 1.27. The molecule has 1 fully saturated rings. The van der Waals surface area contributed by atoms with Crippen molar-refractivity contribution >= 4 is 5.91 Å². The van der Waals surface area contributed by atoms with Crippen molar-refractivity contribution in [3.63, 3.8) is 0 Å². The van der Waals surface area contributed by atoms with E-state index >= 15 is 0 Å². The highest BCUT2D eigenvalue weighted by Crippen LogP contribution is 2.24. The standard InChI is InChI=1S/C14H20N2O3/c1-18-11-6-10(9-15)7-12(8-11)19-13-4-2-3-5-16-14(13)17/h6-8,13H,2-5,9,15H2,1H3,(H,16,17). The Hall–Kier alpha value is -1.75. The predicted molar refractivity (Wildman–Crippen MR) is 72.2 cm³/mol. The topological polar surface area (TPSA) is 73.6 Å². The van der Waals surface area contributed by atoms with E-state index in [0.717, 1.165) is 31.4 Å². The molecule has 1 aliphatic rings. The van der Waals surface area contributed by atoms with Crippen LogP contribution in [0.3, 0.4) is 0 Å². The maximum absolute atomic E-state index is 11.8. The lowest BCUT2D eigenvalue weighted by Gasteiger charge is -2.17. The van der Waals surface area contributed by atoms with Crippen LogP contribution in [0.5, 0.6) is 11.5 Å². The smallest absolute Gasteiger partial charge is 0.261 e. The van der Waals surface area contributed by atoms with E-state index in [1.165, 1.54) is 0 Å². The average Bonchev–Trinajstić information content (AvgIpc) is 2.63. The van der Waals surface area contributed by atoms with Crippen molar-refractivity contribution in [2.75, 3.05) is 13.7 Å². The zero-order valence-electron chi connectivity index (χ0n) is 11.1. The van der Waals surface area contributed by atoms with Gasteiger partial charge in [0, 0.05) is 19.2 Å². The van der Waals surface area contributed by atoms with Gasteiger partial charge in [0.2, 0.25) is 0 Å². The first kappa shape index (κ1) is 13.7. The van der Waals surface area contributed by atoms with Gasteiger partial charge in [0.1, 0.15) is 11.5 Å². The first-order chi connectivity index (χ1) is 9.22. The van der Waals surface area contributed by atoms with Crippen LogP contribution in [0.15, 0.2) is 18.2 Å². The summed E-state index contributed by atoms with van der Waals surface area (Å²) in [6.45, 7) is 1.13. The van der Waals surface area contributed by atoms with Crippen molar-refractivity contribution in [1.29, 1.82) is 0 Å². The van der Waals surface area contributed by atoms with E-state index in [1.807, 2.05) is 12.1 Å². The van der Waals surface area contributed by atoms with E-state index in [-0.39, 0.29) is 5.91 Å². The number of ether oxygens (including phenoxy) is 2. The lowest BCUT2D eigenvalue weighted by atomic mass is 10.1. The van der Waals surface area contributed by atoms with Gasteiger partial charge in [-0.25, -0.2) is 0 Å². The molecule has 1 saturated heterocycles. The van der Waals surface area contributed by atoms with Crippen molar-refractivity contribution in [2.45, 2.75) is 31.9 Å². The fourth-order valence-corrected chi connectivity index (χ4v) is 2.12. The number of nitrogens with one attached hydrogen (secondary N) is 1. The van der Waals surface area contributed by atoms with E-state index in [0.29, 0.717) is 18.0 Å². The first-order valence-corrected chi connectivity index (χ1v) is 6.55. The highest BCUT2D eigenvalue weighted by Gasteiger charge is 2.22. The Balaban J connectivity index is 2.14. The zero-order valence-corrected chi connectivity index (χ0v) is 11.1. The third-order valence-electron chi connectivity index (χ3n) is 3.17. The minimum atomic E-state index is -0.430. The molecule has 1 unspecified atom stereocenters. The molecule has 0 aromatic heterocycles. The van der Waals surface area contributed by atoms with Crippen LogP contribution in [0, 0.1) is 0 Å². The number of carbonyl (C=O) groups excluding carboxylic acids is 1. The largest absolute Gasteiger partial charge is 0.497 e. The number of hydrogen-bond donors (Lipinski definition) is 2. The normalized spacial score (nSPS) is 19.5. The number of hydrogen-bond acceptors (Lipinski definition) is 4. The van der Waals surface area contributed by atoms with Crippen LogP contribution in [0.4, 0.5) is 0 Å². The SMILES string of the molecule is COc1cc(CN)cc(OC2CCCCNC2=O)c1. The molecule has 0 aliphatic carbocycles. The number of carbonyl (C=O) groups is 1. The number of amides is 1. The Morgan fingerprint density at radius 3 is 2.84 bits per heavy atom. The van der Waals surface area contributed by atoms with Crippen LogP contribution in [-0.4, -0.2) is 25.7 Å². The van der Waals surface area contributed by atoms with Crippen LogP contribution in [-0.2, 0) is 11.3 Å². The van der Waals surface area contributed by atoms with Gasteiger partial charge in [0.05, 0.1) is 7.11 Å². The third kappa shape index (κ3) is 3.61. The van der Waals surface area contributed by atoms with Gasteiger partial charge in [0.25, 0.3) is 5.91 Å². The van der Waals surface area contributed by atoms with Crippen LogP contribution >= 0.6 is 0 Å². The molecule has 1 heterocycles. The van der Waals surface area contributed by atoms with Crippen LogP contribution < -0.4 is 20.5 Å². The van der Waals surface area contributed by atoms with E-state index in [4.69, 9.17) is 15.2 Å². The molecule has 0 spiro atoms. The molecular formula is C14H20N2O3. The highest BCUT2D eigenvalue weighted by atomic mass is 16.5. The molecule has 1 aromatic carbocycles. The van der Waals surface area contributed by atoms with Crippen LogP contribution in [0.2, 0.25) is 0 Å². The number of rotatable bonds is 4. The molecule has 3 N–H and O–H groups in total. The number of benzene rings is 1. The summed E-state index contributed by atoms with van der Waals surface area (Å²) in [6, 6.07) is 5.48. The molecule has 2 rings (SSSR count). The summed E-state index contributed by atoms with van der Waals surface area (Å²) in [6.07, 6.45) is 2.29. The minimum Gasteiger partial charge on any atom is -0.497 e. The maximum Gasteiger partial charge on any atom is 0.261 e. The van der Waals surface area contributed by atoms with E-state index in [2.05, 4.69) is 5.32 Å². The summed E-state index contributed by atoms with van der Waals surface area (Å²) in [5.41, 5.74) is 6.56. The van der Waals surface area contributed by atoms with Gasteiger partial charge in [-0.05, 0) is 37.0 Å². The molecule has 5 nitrogen and oxygen atoms in total. The quantitative estimate of drug-likeness (QED) is 0.857. The molecule has 104 valence electrons. The van der Waals surface area contributed by atoms with Crippen molar-refractivity contribution in [3.8, 4) is 11.5 Å². The van der Waals surface area contributed by atoms with Gasteiger partial charge in [-0.3, -0.25) is 4.79 Å². The van der Waals surface area contributed by atoms with E-state index in [9.17, 15) is 4.79 Å². The molecule has 0 bridgehead atoms. The molecule has 1 amide bonds. The van der Waals surface area contributed by atoms with E-state index < -0.39 is 6.10 Å². The van der Waals surface area contributed by atoms with Crippen LogP contribution in [0.25, 0.3) is 0 Å². The predicted octanol–water partition coefficient (Wildman–Crippen LogP) is 1.20. The summed E-state index contributed by atoms with van der Waals surface area (Å²) in [4.78, 5) is 11.8. The fourth-order valence-electron chi connectivity index (χ4n) is 2.12. The Labute approximate surface area is 113 Å². The lowest BCUT2D eigenvalue weighted by molar-refractivity contribution is -0.127. The molecule has 1 aromatic rings. The molecular weight excluding hydrogens is 244 g/mol. The van der Waals surface area contributed by atoms with Crippen molar-refractivity contribution in [3.05, 3.63) is 23.8 Å². The summed E-state index contributed by atoms with van der Waals surface area (Å²) in [5, 5.41) is 2.85. The second-order valence-corrected chi connectivity index (χ2v) is 4.61. The van der Waals surface area contributed by atoms with Gasteiger partial charge in [0.15, 0.2) is 6.10 Å². The van der Waals surface area contributed by atoms with Gasteiger partial charge >= 0.3 is 0 Å². The summed E-state index contributed by atoms with van der Waals surface area (Å²) < 4.78 is 11.0. The van der Waals surface area contributed by atoms with Gasteiger partial charge < -0.3 is 20.5 Å². The highest BCUT2D eigenvalue weighted by molar-refractivity contribution is 5.81. The Kier molecular flexibility index (Phi) is 4.63. The zero-order chi connectivity index (χ0) is 13.7. The fraction of sp³-hybridized carbons (Fsp3) is 0.500. The molecule has 0 radical (unpaired) electrons. The minimum absolute atomic E-state index is 0.0466. The lowest BCUT2D eigenvalue weighted by Crippen LogP contribution is -2.36. The molecule has 5 heteroatoms. The third-order valence-corrected chi connectivity index (χ3v) is 3.17. The van der Waals surface area contributed by atoms with Gasteiger partial charge in [-0.2, -0.15) is 0 Å². The Morgan fingerprint density at radius 2 is 2.11 bits per heavy atom. The maximum atomic E-state index is 11.8. The Morgan fingerprint density at radius 1 is 1.32 bits per heavy atom. The molecule has 0 saturated carbocycles. The van der Waals surface area contributed by atoms with Crippen molar-refractivity contribution in [1.82, 2.24) is 5.32 Å². The van der Waals surface area contributed by atoms with Crippen LogP contribution in [0.1, 0.15) is 24.8 Å². The monoisotopic (exact) mass is 264 g/mol. The number of nitrogens with two attached hydrogens (primary N) is 1.